The molecule has 20 heavy (non-hydrogen) atoms. The third kappa shape index (κ3) is 2.75. The molecule has 6 heteroatoms. The first-order valence-electron chi connectivity index (χ1n) is 6.28. The van der Waals surface area contributed by atoms with Crippen LogP contribution in [0.25, 0.3) is 0 Å². The second kappa shape index (κ2) is 5.50. The standard InChI is InChI=1S/C14H17NO5/c1-14(18,13(17)19-2)9-15-10-5-3-4-6-11(10)20-8-7-12(15)16/h3-6,18H,7-9H2,1-2H3. The van der Waals surface area contributed by atoms with Crippen molar-refractivity contribution in [3.05, 3.63) is 24.3 Å². The first-order valence-corrected chi connectivity index (χ1v) is 6.28. The summed E-state index contributed by atoms with van der Waals surface area (Å²) in [5, 5.41) is 10.2. The van der Waals surface area contributed by atoms with Crippen LogP contribution < -0.4 is 9.64 Å². The summed E-state index contributed by atoms with van der Waals surface area (Å²) < 4.78 is 10.0. The molecule has 2 rings (SSSR count). The van der Waals surface area contributed by atoms with Gasteiger partial charge in [0.1, 0.15) is 5.75 Å². The fraction of sp³-hybridized carbons (Fsp3) is 0.429. The number of benzene rings is 1. The van der Waals surface area contributed by atoms with Crippen molar-refractivity contribution in [2.45, 2.75) is 18.9 Å². The van der Waals surface area contributed by atoms with Gasteiger partial charge in [-0.2, -0.15) is 0 Å². The van der Waals surface area contributed by atoms with Gasteiger partial charge in [0, 0.05) is 0 Å². The summed E-state index contributed by atoms with van der Waals surface area (Å²) in [7, 11) is 1.19. The van der Waals surface area contributed by atoms with Crippen molar-refractivity contribution >= 4 is 17.6 Å². The number of hydrogen-bond acceptors (Lipinski definition) is 5. The summed E-state index contributed by atoms with van der Waals surface area (Å²) in [5.41, 5.74) is -1.24. The average Bonchev–Trinajstić information content (AvgIpc) is 2.58. The van der Waals surface area contributed by atoms with Crippen LogP contribution in [0.1, 0.15) is 13.3 Å². The lowest BCUT2D eigenvalue weighted by molar-refractivity contribution is -0.159. The van der Waals surface area contributed by atoms with Gasteiger partial charge in [0.15, 0.2) is 5.60 Å². The van der Waals surface area contributed by atoms with Gasteiger partial charge in [-0.05, 0) is 19.1 Å². The molecule has 1 unspecified atom stereocenters. The number of methoxy groups -OCH3 is 1. The smallest absolute Gasteiger partial charge is 0.339 e. The van der Waals surface area contributed by atoms with E-state index in [4.69, 9.17) is 4.74 Å². The van der Waals surface area contributed by atoms with Gasteiger partial charge in [0.2, 0.25) is 5.91 Å². The van der Waals surface area contributed by atoms with Gasteiger partial charge >= 0.3 is 5.97 Å². The van der Waals surface area contributed by atoms with Crippen LogP contribution in [0.2, 0.25) is 0 Å². The topological polar surface area (TPSA) is 76.1 Å². The van der Waals surface area contributed by atoms with Gasteiger partial charge in [-0.1, -0.05) is 12.1 Å². The number of hydrogen-bond donors (Lipinski definition) is 1. The summed E-state index contributed by atoms with van der Waals surface area (Å²) in [4.78, 5) is 25.1. The molecule has 0 aliphatic carbocycles. The van der Waals surface area contributed by atoms with Crippen molar-refractivity contribution in [3.8, 4) is 5.75 Å². The van der Waals surface area contributed by atoms with Crippen molar-refractivity contribution < 1.29 is 24.2 Å². The van der Waals surface area contributed by atoms with Gasteiger partial charge < -0.3 is 19.5 Å². The van der Waals surface area contributed by atoms with Crippen LogP contribution in [0.5, 0.6) is 5.75 Å². The zero-order valence-electron chi connectivity index (χ0n) is 11.5. The van der Waals surface area contributed by atoms with E-state index >= 15 is 0 Å². The number of esters is 1. The molecule has 0 saturated heterocycles. The Hall–Kier alpha value is -2.08. The molecule has 0 spiro atoms. The first-order chi connectivity index (χ1) is 9.45. The first kappa shape index (κ1) is 14.3. The number of aliphatic hydroxyl groups is 1. The number of fused-ring (bicyclic) bond motifs is 1. The third-order valence-corrected chi connectivity index (χ3v) is 3.12. The highest BCUT2D eigenvalue weighted by molar-refractivity contribution is 5.96. The minimum atomic E-state index is -1.78. The van der Waals surface area contributed by atoms with E-state index < -0.39 is 11.6 Å². The van der Waals surface area contributed by atoms with Crippen LogP contribution in [0.15, 0.2) is 24.3 Å². The normalized spacial score (nSPS) is 17.6. The Morgan fingerprint density at radius 2 is 2.20 bits per heavy atom. The Labute approximate surface area is 116 Å². The molecule has 1 aromatic carbocycles. The molecular formula is C14H17NO5. The molecule has 0 aromatic heterocycles. The summed E-state index contributed by atoms with van der Waals surface area (Å²) in [6.07, 6.45) is 0.186. The van der Waals surface area contributed by atoms with Crippen LogP contribution in [0.3, 0.4) is 0 Å². The second-order valence-corrected chi connectivity index (χ2v) is 4.81. The number of carbonyl (C=O) groups is 2. The molecule has 1 N–H and O–H groups in total. The fourth-order valence-electron chi connectivity index (χ4n) is 2.09. The van der Waals surface area contributed by atoms with E-state index in [0.717, 1.165) is 0 Å². The third-order valence-electron chi connectivity index (χ3n) is 3.12. The molecule has 1 aromatic rings. The lowest BCUT2D eigenvalue weighted by Crippen LogP contribution is -2.49. The quantitative estimate of drug-likeness (QED) is 0.825. The van der Waals surface area contributed by atoms with Crippen LogP contribution in [0, 0.1) is 0 Å². The minimum Gasteiger partial charge on any atom is -0.491 e. The van der Waals surface area contributed by atoms with Gasteiger partial charge in [0.25, 0.3) is 0 Å². The maximum Gasteiger partial charge on any atom is 0.339 e. The van der Waals surface area contributed by atoms with Crippen LogP contribution in [-0.4, -0.2) is 42.8 Å². The highest BCUT2D eigenvalue weighted by Crippen LogP contribution is 2.32. The zero-order valence-corrected chi connectivity index (χ0v) is 11.5. The Morgan fingerprint density at radius 3 is 2.90 bits per heavy atom. The van der Waals surface area contributed by atoms with Gasteiger partial charge in [-0.3, -0.25) is 4.79 Å². The average molecular weight is 279 g/mol. The SMILES string of the molecule is COC(=O)C(C)(O)CN1C(=O)CCOc2ccccc21. The molecule has 1 heterocycles. The molecule has 1 amide bonds. The Balaban J connectivity index is 2.34. The van der Waals surface area contributed by atoms with Gasteiger partial charge in [-0.15, -0.1) is 0 Å². The molecule has 1 aliphatic rings. The van der Waals surface area contributed by atoms with E-state index in [1.54, 1.807) is 24.3 Å². The number of para-hydroxylation sites is 2. The Morgan fingerprint density at radius 1 is 1.50 bits per heavy atom. The molecule has 0 saturated carbocycles. The highest BCUT2D eigenvalue weighted by Gasteiger charge is 2.37. The van der Waals surface area contributed by atoms with Crippen molar-refractivity contribution in [2.75, 3.05) is 25.2 Å². The van der Waals surface area contributed by atoms with E-state index in [-0.39, 0.29) is 25.5 Å². The van der Waals surface area contributed by atoms with Gasteiger partial charge in [0.05, 0.1) is 32.4 Å². The maximum absolute atomic E-state index is 12.1. The fourth-order valence-corrected chi connectivity index (χ4v) is 2.09. The number of rotatable bonds is 3. The molecule has 0 radical (unpaired) electrons. The van der Waals surface area contributed by atoms with E-state index in [0.29, 0.717) is 11.4 Å². The molecule has 6 nitrogen and oxygen atoms in total. The molecule has 1 aliphatic heterocycles. The number of anilines is 1. The summed E-state index contributed by atoms with van der Waals surface area (Å²) >= 11 is 0. The number of β-amino-alcohol motifs (C(OH)–C–C–N with tert-alkyl or cyclic N) is 1. The van der Waals surface area contributed by atoms with Crippen LogP contribution in [0.4, 0.5) is 5.69 Å². The van der Waals surface area contributed by atoms with Crippen LogP contribution in [-0.2, 0) is 14.3 Å². The zero-order chi connectivity index (χ0) is 14.8. The van der Waals surface area contributed by atoms with Crippen LogP contribution >= 0.6 is 0 Å². The number of carbonyl (C=O) groups excluding carboxylic acids is 2. The monoisotopic (exact) mass is 279 g/mol. The predicted molar refractivity (Wildman–Crippen MR) is 71.5 cm³/mol. The van der Waals surface area contributed by atoms with Crippen molar-refractivity contribution in [1.82, 2.24) is 0 Å². The van der Waals surface area contributed by atoms with E-state index in [1.165, 1.54) is 18.9 Å². The molecule has 0 bridgehead atoms. The van der Waals surface area contributed by atoms with Crippen molar-refractivity contribution in [2.24, 2.45) is 0 Å². The molecule has 1 atom stereocenters. The lowest BCUT2D eigenvalue weighted by Gasteiger charge is -2.29. The molecular weight excluding hydrogens is 262 g/mol. The summed E-state index contributed by atoms with van der Waals surface area (Å²) in [6.45, 7) is 1.41. The Bertz CT molecular complexity index is 526. The predicted octanol–water partition coefficient (Wildman–Crippen LogP) is 0.726. The second-order valence-electron chi connectivity index (χ2n) is 4.81. The molecule has 108 valence electrons. The highest BCUT2D eigenvalue weighted by atomic mass is 16.5. The van der Waals surface area contributed by atoms with E-state index in [2.05, 4.69) is 4.74 Å². The summed E-state index contributed by atoms with van der Waals surface area (Å²) in [5.74, 6) is -0.439. The minimum absolute atomic E-state index is 0.182. The van der Waals surface area contributed by atoms with Gasteiger partial charge in [-0.25, -0.2) is 4.79 Å². The van der Waals surface area contributed by atoms with Crippen molar-refractivity contribution in [3.63, 3.8) is 0 Å². The number of nitrogens with zero attached hydrogens (tertiary/aromatic N) is 1. The number of amides is 1. The molecule has 0 fully saturated rings. The summed E-state index contributed by atoms with van der Waals surface area (Å²) in [6, 6.07) is 7.02. The largest absolute Gasteiger partial charge is 0.491 e. The van der Waals surface area contributed by atoms with E-state index in [9.17, 15) is 14.7 Å². The lowest BCUT2D eigenvalue weighted by atomic mass is 10.1. The Kier molecular flexibility index (Phi) is 3.94. The van der Waals surface area contributed by atoms with Crippen molar-refractivity contribution in [1.29, 1.82) is 0 Å². The maximum atomic E-state index is 12.1. The number of ether oxygens (including phenoxy) is 2. The van der Waals surface area contributed by atoms with E-state index in [1.807, 2.05) is 0 Å².